The molecule has 6 heteroatoms. The number of methoxy groups -OCH3 is 3. The lowest BCUT2D eigenvalue weighted by Crippen LogP contribution is -2.15. The van der Waals surface area contributed by atoms with Gasteiger partial charge in [0.05, 0.1) is 38.5 Å². The van der Waals surface area contributed by atoms with Gasteiger partial charge in [0.2, 0.25) is 5.91 Å². The minimum Gasteiger partial charge on any atom is -0.496 e. The molecule has 0 spiro atoms. The number of benzene rings is 2. The Hall–Kier alpha value is -2.40. The third-order valence-corrected chi connectivity index (χ3v) is 3.83. The van der Waals surface area contributed by atoms with Gasteiger partial charge in [0.1, 0.15) is 17.2 Å². The molecule has 0 aliphatic rings. The normalized spacial score (nSPS) is 10.2. The smallest absolute Gasteiger partial charge is 0.229 e. The van der Waals surface area contributed by atoms with Gasteiger partial charge in [-0.25, -0.2) is 0 Å². The van der Waals surface area contributed by atoms with E-state index in [1.165, 1.54) is 14.2 Å². The van der Waals surface area contributed by atoms with Crippen LogP contribution in [0, 0.1) is 6.92 Å². The first-order valence-electron chi connectivity index (χ1n) is 7.33. The molecule has 0 aromatic heterocycles. The summed E-state index contributed by atoms with van der Waals surface area (Å²) in [6, 6.07) is 8.95. The van der Waals surface area contributed by atoms with Gasteiger partial charge in [-0.2, -0.15) is 0 Å². The van der Waals surface area contributed by atoms with Gasteiger partial charge in [0.15, 0.2) is 0 Å². The molecule has 1 N–H and O–H groups in total. The second kappa shape index (κ2) is 7.93. The Morgan fingerprint density at radius 1 is 1.00 bits per heavy atom. The van der Waals surface area contributed by atoms with E-state index in [2.05, 4.69) is 5.32 Å². The minimum atomic E-state index is -0.196. The SMILES string of the molecule is COc1cc(OC)c(NC(=O)Cc2cc(C)ccc2OC)cc1Cl. The molecule has 0 saturated carbocycles. The second-order valence-electron chi connectivity index (χ2n) is 5.23. The predicted octanol–water partition coefficient (Wildman–Crippen LogP) is 3.86. The number of hydrogen-bond acceptors (Lipinski definition) is 4. The average molecular weight is 350 g/mol. The zero-order valence-electron chi connectivity index (χ0n) is 14.1. The zero-order valence-corrected chi connectivity index (χ0v) is 14.9. The maximum Gasteiger partial charge on any atom is 0.229 e. The molecule has 0 aliphatic carbocycles. The van der Waals surface area contributed by atoms with E-state index in [9.17, 15) is 4.79 Å². The van der Waals surface area contributed by atoms with Crippen LogP contribution in [0.4, 0.5) is 5.69 Å². The predicted molar refractivity (Wildman–Crippen MR) is 94.6 cm³/mol. The highest BCUT2D eigenvalue weighted by Crippen LogP contribution is 2.36. The molecule has 1 amide bonds. The quantitative estimate of drug-likeness (QED) is 0.860. The minimum absolute atomic E-state index is 0.178. The molecule has 2 aromatic rings. The summed E-state index contributed by atoms with van der Waals surface area (Å²) in [5, 5.41) is 3.20. The molecule has 0 aliphatic heterocycles. The Bertz CT molecular complexity index is 746. The number of amides is 1. The van der Waals surface area contributed by atoms with E-state index in [4.69, 9.17) is 25.8 Å². The third kappa shape index (κ3) is 4.11. The maximum absolute atomic E-state index is 12.4. The standard InChI is InChI=1S/C18H20ClNO4/c1-11-5-6-15(22-2)12(7-11)8-18(21)20-14-9-13(19)16(23-3)10-17(14)24-4/h5-7,9-10H,8H2,1-4H3,(H,20,21). The van der Waals surface area contributed by atoms with Crippen LogP contribution < -0.4 is 19.5 Å². The summed E-state index contributed by atoms with van der Waals surface area (Å²) in [6.45, 7) is 1.97. The highest BCUT2D eigenvalue weighted by molar-refractivity contribution is 6.32. The first-order valence-corrected chi connectivity index (χ1v) is 7.71. The van der Waals surface area contributed by atoms with E-state index in [-0.39, 0.29) is 12.3 Å². The fourth-order valence-electron chi connectivity index (χ4n) is 2.37. The van der Waals surface area contributed by atoms with Gasteiger partial charge in [-0.3, -0.25) is 4.79 Å². The van der Waals surface area contributed by atoms with Crippen molar-refractivity contribution in [1.29, 1.82) is 0 Å². The van der Waals surface area contributed by atoms with Crippen LogP contribution >= 0.6 is 11.6 Å². The van der Waals surface area contributed by atoms with Crippen molar-refractivity contribution >= 4 is 23.2 Å². The molecule has 24 heavy (non-hydrogen) atoms. The second-order valence-corrected chi connectivity index (χ2v) is 5.63. The van der Waals surface area contributed by atoms with E-state index in [0.717, 1.165) is 11.1 Å². The summed E-state index contributed by atoms with van der Waals surface area (Å²) in [6.07, 6.45) is 0.178. The lowest BCUT2D eigenvalue weighted by molar-refractivity contribution is -0.115. The van der Waals surface area contributed by atoms with E-state index in [0.29, 0.717) is 28.0 Å². The molecule has 5 nitrogen and oxygen atoms in total. The summed E-state index contributed by atoms with van der Waals surface area (Å²) < 4.78 is 15.7. The molecular formula is C18H20ClNO4. The van der Waals surface area contributed by atoms with Crippen molar-refractivity contribution in [2.45, 2.75) is 13.3 Å². The topological polar surface area (TPSA) is 56.8 Å². The molecule has 0 saturated heterocycles. The van der Waals surface area contributed by atoms with Crippen LogP contribution in [0.15, 0.2) is 30.3 Å². The van der Waals surface area contributed by atoms with Crippen LogP contribution in [0.5, 0.6) is 17.2 Å². The number of ether oxygens (including phenoxy) is 3. The van der Waals surface area contributed by atoms with Crippen molar-refractivity contribution in [1.82, 2.24) is 0 Å². The van der Waals surface area contributed by atoms with Gasteiger partial charge in [-0.1, -0.05) is 29.3 Å². The number of aryl methyl sites for hydroxylation is 1. The lowest BCUT2D eigenvalue weighted by Gasteiger charge is -2.14. The number of carbonyl (C=O) groups excluding carboxylic acids is 1. The molecule has 0 atom stereocenters. The van der Waals surface area contributed by atoms with Gasteiger partial charge >= 0.3 is 0 Å². The fourth-order valence-corrected chi connectivity index (χ4v) is 2.61. The van der Waals surface area contributed by atoms with Crippen molar-refractivity contribution in [3.8, 4) is 17.2 Å². The van der Waals surface area contributed by atoms with E-state index < -0.39 is 0 Å². The Kier molecular flexibility index (Phi) is 5.93. The Balaban J connectivity index is 2.21. The van der Waals surface area contributed by atoms with Gasteiger partial charge in [0.25, 0.3) is 0 Å². The number of halogens is 1. The van der Waals surface area contributed by atoms with E-state index in [1.807, 2.05) is 25.1 Å². The highest BCUT2D eigenvalue weighted by atomic mass is 35.5. The summed E-state index contributed by atoms with van der Waals surface area (Å²) in [5.41, 5.74) is 2.36. The summed E-state index contributed by atoms with van der Waals surface area (Å²) in [7, 11) is 4.61. The Morgan fingerprint density at radius 3 is 2.29 bits per heavy atom. The molecule has 0 unspecified atom stereocenters. The Morgan fingerprint density at radius 2 is 1.67 bits per heavy atom. The molecule has 0 radical (unpaired) electrons. The molecule has 0 bridgehead atoms. The molecule has 2 aromatic carbocycles. The van der Waals surface area contributed by atoms with Gasteiger partial charge in [-0.05, 0) is 19.1 Å². The van der Waals surface area contributed by atoms with Crippen LogP contribution in [-0.2, 0) is 11.2 Å². The lowest BCUT2D eigenvalue weighted by atomic mass is 10.1. The zero-order chi connectivity index (χ0) is 17.7. The number of nitrogens with one attached hydrogen (secondary N) is 1. The largest absolute Gasteiger partial charge is 0.496 e. The summed E-state index contributed by atoms with van der Waals surface area (Å²) >= 11 is 6.12. The van der Waals surface area contributed by atoms with Crippen LogP contribution in [0.1, 0.15) is 11.1 Å². The first kappa shape index (κ1) is 17.9. The van der Waals surface area contributed by atoms with Gasteiger partial charge < -0.3 is 19.5 Å². The van der Waals surface area contributed by atoms with Crippen molar-refractivity contribution in [3.63, 3.8) is 0 Å². The third-order valence-electron chi connectivity index (χ3n) is 3.53. The van der Waals surface area contributed by atoms with Crippen molar-refractivity contribution < 1.29 is 19.0 Å². The van der Waals surface area contributed by atoms with E-state index >= 15 is 0 Å². The van der Waals surface area contributed by atoms with Crippen LogP contribution in [0.2, 0.25) is 5.02 Å². The van der Waals surface area contributed by atoms with Crippen LogP contribution in [0.3, 0.4) is 0 Å². The summed E-state index contributed by atoms with van der Waals surface area (Å²) in [5.74, 6) is 1.43. The number of anilines is 1. The number of carbonyl (C=O) groups is 1. The number of rotatable bonds is 6. The maximum atomic E-state index is 12.4. The molecule has 128 valence electrons. The van der Waals surface area contributed by atoms with Crippen molar-refractivity contribution in [3.05, 3.63) is 46.5 Å². The monoisotopic (exact) mass is 349 g/mol. The highest BCUT2D eigenvalue weighted by Gasteiger charge is 2.14. The molecule has 2 rings (SSSR count). The van der Waals surface area contributed by atoms with Crippen molar-refractivity contribution in [2.24, 2.45) is 0 Å². The fraction of sp³-hybridized carbons (Fsp3) is 0.278. The van der Waals surface area contributed by atoms with Gasteiger partial charge in [-0.15, -0.1) is 0 Å². The average Bonchev–Trinajstić information content (AvgIpc) is 2.55. The van der Waals surface area contributed by atoms with Crippen molar-refractivity contribution in [2.75, 3.05) is 26.6 Å². The number of hydrogen-bond donors (Lipinski definition) is 1. The van der Waals surface area contributed by atoms with Crippen LogP contribution in [-0.4, -0.2) is 27.2 Å². The van der Waals surface area contributed by atoms with Crippen LogP contribution in [0.25, 0.3) is 0 Å². The molecule has 0 fully saturated rings. The Labute approximate surface area is 146 Å². The molecule has 0 heterocycles. The first-order chi connectivity index (χ1) is 11.5. The summed E-state index contributed by atoms with van der Waals surface area (Å²) in [4.78, 5) is 12.4. The molecular weight excluding hydrogens is 330 g/mol. The van der Waals surface area contributed by atoms with Gasteiger partial charge in [0, 0.05) is 11.6 Å². The van der Waals surface area contributed by atoms with E-state index in [1.54, 1.807) is 19.2 Å².